The number of likely N-dealkylation sites (tertiary alicyclic amines) is 1. The summed E-state index contributed by atoms with van der Waals surface area (Å²) in [5, 5.41) is 0.861. The molecule has 0 aliphatic carbocycles. The van der Waals surface area contributed by atoms with Gasteiger partial charge in [-0.2, -0.15) is 0 Å². The van der Waals surface area contributed by atoms with Gasteiger partial charge < -0.3 is 10.6 Å². The van der Waals surface area contributed by atoms with Crippen molar-refractivity contribution < 1.29 is 4.79 Å². The third-order valence-electron chi connectivity index (χ3n) is 3.77. The molecule has 0 spiro atoms. The van der Waals surface area contributed by atoms with Gasteiger partial charge in [-0.3, -0.25) is 4.79 Å². The zero-order chi connectivity index (χ0) is 14.2. The number of nitrogens with zero attached hydrogens (tertiary/aromatic N) is 1. The molecule has 3 nitrogen and oxygen atoms in total. The summed E-state index contributed by atoms with van der Waals surface area (Å²) in [5.41, 5.74) is 6.59. The molecule has 1 aliphatic rings. The lowest BCUT2D eigenvalue weighted by atomic mass is 9.79. The van der Waals surface area contributed by atoms with E-state index in [9.17, 15) is 4.79 Å². The lowest BCUT2D eigenvalue weighted by Crippen LogP contribution is -2.54. The highest BCUT2D eigenvalue weighted by Gasteiger charge is 2.35. The Labute approximate surface area is 135 Å². The molecule has 2 rings (SSSR count). The first-order chi connectivity index (χ1) is 8.81. The van der Waals surface area contributed by atoms with Crippen LogP contribution in [0, 0.1) is 5.41 Å². The van der Waals surface area contributed by atoms with Crippen LogP contribution in [0.5, 0.6) is 0 Å². The third-order valence-corrected chi connectivity index (χ3v) is 4.50. The molecule has 0 bridgehead atoms. The predicted molar refractivity (Wildman–Crippen MR) is 86.0 cm³/mol. The number of hydrogen-bond donors (Lipinski definition) is 1. The molecule has 2 N–H and O–H groups in total. The van der Waals surface area contributed by atoms with Gasteiger partial charge in [0.2, 0.25) is 0 Å². The molecule has 1 atom stereocenters. The van der Waals surface area contributed by atoms with Gasteiger partial charge >= 0.3 is 0 Å². The number of carbonyl (C=O) groups is 1. The molecular weight excluding hydrogens is 319 g/mol. The summed E-state index contributed by atoms with van der Waals surface area (Å²) in [6.45, 7) is 5.52. The van der Waals surface area contributed by atoms with Crippen LogP contribution in [0.4, 0.5) is 0 Å². The number of piperidine rings is 1. The van der Waals surface area contributed by atoms with Gasteiger partial charge in [-0.15, -0.1) is 12.4 Å². The highest BCUT2D eigenvalue weighted by Crippen LogP contribution is 2.29. The van der Waals surface area contributed by atoms with Gasteiger partial charge in [0, 0.05) is 24.7 Å². The van der Waals surface area contributed by atoms with Crippen molar-refractivity contribution >= 4 is 41.5 Å². The zero-order valence-corrected chi connectivity index (χ0v) is 13.9. The van der Waals surface area contributed by atoms with E-state index in [1.807, 2.05) is 4.90 Å². The molecule has 1 heterocycles. The molecule has 1 aromatic carbocycles. The fourth-order valence-corrected chi connectivity index (χ4v) is 2.66. The van der Waals surface area contributed by atoms with E-state index in [0.717, 1.165) is 6.42 Å². The molecule has 1 aliphatic heterocycles. The Balaban J connectivity index is 0.00000200. The van der Waals surface area contributed by atoms with Crippen molar-refractivity contribution in [2.24, 2.45) is 11.1 Å². The second kappa shape index (κ2) is 6.52. The number of halogens is 3. The minimum atomic E-state index is -0.0653. The third kappa shape index (κ3) is 3.59. The molecule has 1 fully saturated rings. The van der Waals surface area contributed by atoms with E-state index in [-0.39, 0.29) is 29.8 Å². The van der Waals surface area contributed by atoms with Crippen molar-refractivity contribution in [3.05, 3.63) is 33.8 Å². The molecule has 0 saturated carbocycles. The molecule has 20 heavy (non-hydrogen) atoms. The molecule has 6 heteroatoms. The van der Waals surface area contributed by atoms with E-state index in [1.165, 1.54) is 0 Å². The molecule has 112 valence electrons. The standard InChI is InChI=1S/C14H18Cl2N2O.ClH/c1-14(2)8-18(6-5-12(14)17)13(19)9-3-4-10(15)11(16)7-9;/h3-4,7,12H,5-6,8,17H2,1-2H3;1H. The van der Waals surface area contributed by atoms with Gasteiger partial charge in [0.1, 0.15) is 0 Å². The first kappa shape index (κ1) is 17.6. The van der Waals surface area contributed by atoms with Crippen LogP contribution >= 0.6 is 35.6 Å². The summed E-state index contributed by atoms with van der Waals surface area (Å²) in [5.74, 6) is -0.0152. The normalized spacial score (nSPS) is 21.2. The second-order valence-corrected chi connectivity index (χ2v) is 6.55. The van der Waals surface area contributed by atoms with Gasteiger partial charge in [-0.1, -0.05) is 37.0 Å². The van der Waals surface area contributed by atoms with Crippen LogP contribution in [0.3, 0.4) is 0 Å². The largest absolute Gasteiger partial charge is 0.338 e. The number of carbonyl (C=O) groups excluding carboxylic acids is 1. The maximum absolute atomic E-state index is 12.4. The van der Waals surface area contributed by atoms with Gasteiger partial charge in [0.25, 0.3) is 5.91 Å². The van der Waals surface area contributed by atoms with E-state index < -0.39 is 0 Å². The van der Waals surface area contributed by atoms with Crippen LogP contribution in [0.2, 0.25) is 10.0 Å². The summed E-state index contributed by atoms with van der Waals surface area (Å²) in [4.78, 5) is 14.3. The molecule has 1 saturated heterocycles. The number of benzene rings is 1. The Bertz CT molecular complexity index is 505. The summed E-state index contributed by atoms with van der Waals surface area (Å²) in [7, 11) is 0. The molecule has 1 aromatic rings. The van der Waals surface area contributed by atoms with Crippen molar-refractivity contribution in [2.75, 3.05) is 13.1 Å². The first-order valence-corrected chi connectivity index (χ1v) is 7.07. The van der Waals surface area contributed by atoms with Gasteiger partial charge in [0.15, 0.2) is 0 Å². The lowest BCUT2D eigenvalue weighted by molar-refractivity contribution is 0.0533. The number of nitrogens with two attached hydrogens (primary N) is 1. The Morgan fingerprint density at radius 3 is 2.55 bits per heavy atom. The van der Waals surface area contributed by atoms with E-state index in [0.29, 0.717) is 28.7 Å². The highest BCUT2D eigenvalue weighted by molar-refractivity contribution is 6.42. The van der Waals surface area contributed by atoms with Crippen molar-refractivity contribution in [1.29, 1.82) is 0 Å². The average Bonchev–Trinajstić information content (AvgIpc) is 2.35. The van der Waals surface area contributed by atoms with Gasteiger partial charge in [0.05, 0.1) is 10.0 Å². The average molecular weight is 338 g/mol. The SMILES string of the molecule is CC1(C)CN(C(=O)c2ccc(Cl)c(Cl)c2)CCC1N.Cl. The van der Waals surface area contributed by atoms with Crippen molar-refractivity contribution in [3.8, 4) is 0 Å². The summed E-state index contributed by atoms with van der Waals surface area (Å²) >= 11 is 11.8. The fraction of sp³-hybridized carbons (Fsp3) is 0.500. The van der Waals surface area contributed by atoms with E-state index in [2.05, 4.69) is 13.8 Å². The highest BCUT2D eigenvalue weighted by atomic mass is 35.5. The minimum Gasteiger partial charge on any atom is -0.338 e. The van der Waals surface area contributed by atoms with E-state index in [4.69, 9.17) is 28.9 Å². The Morgan fingerprint density at radius 1 is 1.35 bits per heavy atom. The maximum Gasteiger partial charge on any atom is 0.253 e. The van der Waals surface area contributed by atoms with Crippen LogP contribution in [-0.2, 0) is 0 Å². The van der Waals surface area contributed by atoms with E-state index >= 15 is 0 Å². The molecule has 0 radical (unpaired) electrons. The van der Waals surface area contributed by atoms with Gasteiger partial charge in [-0.25, -0.2) is 0 Å². The summed E-state index contributed by atoms with van der Waals surface area (Å²) in [6.07, 6.45) is 0.820. The van der Waals surface area contributed by atoms with Crippen molar-refractivity contribution in [1.82, 2.24) is 4.90 Å². The number of amides is 1. The monoisotopic (exact) mass is 336 g/mol. The molecule has 1 amide bonds. The minimum absolute atomic E-state index is 0. The lowest BCUT2D eigenvalue weighted by Gasteiger charge is -2.42. The topological polar surface area (TPSA) is 46.3 Å². The van der Waals surface area contributed by atoms with Crippen molar-refractivity contribution in [3.63, 3.8) is 0 Å². The Morgan fingerprint density at radius 2 is 2.00 bits per heavy atom. The second-order valence-electron chi connectivity index (χ2n) is 5.74. The van der Waals surface area contributed by atoms with Crippen LogP contribution in [0.25, 0.3) is 0 Å². The summed E-state index contributed by atoms with van der Waals surface area (Å²) < 4.78 is 0. The van der Waals surface area contributed by atoms with Crippen LogP contribution < -0.4 is 5.73 Å². The quantitative estimate of drug-likeness (QED) is 0.851. The first-order valence-electron chi connectivity index (χ1n) is 6.31. The summed E-state index contributed by atoms with van der Waals surface area (Å²) in [6, 6.07) is 5.11. The smallest absolute Gasteiger partial charge is 0.253 e. The molecule has 1 unspecified atom stereocenters. The Kier molecular flexibility index (Phi) is 5.73. The molecule has 0 aromatic heterocycles. The molecular formula is C14H19Cl3N2O. The van der Waals surface area contributed by atoms with Crippen LogP contribution in [0.15, 0.2) is 18.2 Å². The van der Waals surface area contributed by atoms with E-state index in [1.54, 1.807) is 18.2 Å². The maximum atomic E-state index is 12.4. The number of hydrogen-bond acceptors (Lipinski definition) is 2. The van der Waals surface area contributed by atoms with Crippen LogP contribution in [0.1, 0.15) is 30.6 Å². The zero-order valence-electron chi connectivity index (χ0n) is 11.5. The predicted octanol–water partition coefficient (Wildman–Crippen LogP) is 3.61. The Hall–Kier alpha value is -0.480. The van der Waals surface area contributed by atoms with Gasteiger partial charge in [-0.05, 0) is 30.0 Å². The van der Waals surface area contributed by atoms with Crippen LogP contribution in [-0.4, -0.2) is 29.9 Å². The van der Waals surface area contributed by atoms with Crippen molar-refractivity contribution in [2.45, 2.75) is 26.3 Å². The number of rotatable bonds is 1. The fourth-order valence-electron chi connectivity index (χ4n) is 2.36.